The number of benzene rings is 1. The van der Waals surface area contributed by atoms with E-state index in [2.05, 4.69) is 0 Å². The van der Waals surface area contributed by atoms with Crippen LogP contribution in [-0.4, -0.2) is 16.1 Å². The van der Waals surface area contributed by atoms with Crippen molar-refractivity contribution in [3.05, 3.63) is 47.7 Å². The zero-order valence-electron chi connectivity index (χ0n) is 9.43. The molecule has 0 saturated heterocycles. The molecule has 1 aliphatic rings. The summed E-state index contributed by atoms with van der Waals surface area (Å²) in [7, 11) is 0. The van der Waals surface area contributed by atoms with Crippen LogP contribution in [0.15, 0.2) is 36.4 Å². The van der Waals surface area contributed by atoms with Gasteiger partial charge in [0, 0.05) is 17.4 Å². The number of hydrogen-bond donors (Lipinski definition) is 0. The SMILES string of the molecule is CCn1c2c(c3ccccc31)C(=O)C=CC2=O. The number of nitrogens with zero attached hydrogens (tertiary/aromatic N) is 1. The highest BCUT2D eigenvalue weighted by Crippen LogP contribution is 2.29. The summed E-state index contributed by atoms with van der Waals surface area (Å²) in [4.78, 5) is 23.8. The summed E-state index contributed by atoms with van der Waals surface area (Å²) >= 11 is 0. The van der Waals surface area contributed by atoms with E-state index in [0.29, 0.717) is 17.8 Å². The average Bonchev–Trinajstić information content (AvgIpc) is 2.69. The van der Waals surface area contributed by atoms with Gasteiger partial charge in [0.1, 0.15) is 5.69 Å². The summed E-state index contributed by atoms with van der Waals surface area (Å²) in [5.74, 6) is -0.166. The summed E-state index contributed by atoms with van der Waals surface area (Å²) in [6.45, 7) is 2.66. The van der Waals surface area contributed by atoms with Crippen molar-refractivity contribution in [2.45, 2.75) is 13.5 Å². The molecule has 0 bridgehead atoms. The van der Waals surface area contributed by atoms with Crippen LogP contribution in [0.1, 0.15) is 27.8 Å². The predicted octanol–water partition coefficient (Wildman–Crippen LogP) is 2.60. The minimum atomic E-state index is -0.0855. The van der Waals surface area contributed by atoms with Gasteiger partial charge in [-0.05, 0) is 25.1 Å². The number of rotatable bonds is 1. The van der Waals surface area contributed by atoms with Gasteiger partial charge in [0.15, 0.2) is 5.78 Å². The van der Waals surface area contributed by atoms with E-state index >= 15 is 0 Å². The second-order valence-corrected chi connectivity index (χ2v) is 4.05. The fourth-order valence-corrected chi connectivity index (χ4v) is 2.45. The van der Waals surface area contributed by atoms with Crippen LogP contribution in [-0.2, 0) is 6.54 Å². The van der Waals surface area contributed by atoms with E-state index in [1.165, 1.54) is 12.2 Å². The van der Waals surface area contributed by atoms with Crippen molar-refractivity contribution in [3.63, 3.8) is 0 Å². The molecule has 0 spiro atoms. The lowest BCUT2D eigenvalue weighted by Gasteiger charge is -2.08. The van der Waals surface area contributed by atoms with Crippen LogP contribution in [0.5, 0.6) is 0 Å². The molecule has 0 amide bonds. The quantitative estimate of drug-likeness (QED) is 0.748. The van der Waals surface area contributed by atoms with Crippen molar-refractivity contribution in [3.8, 4) is 0 Å². The lowest BCUT2D eigenvalue weighted by Crippen LogP contribution is -2.14. The number of ketones is 2. The minimum absolute atomic E-state index is 0.0806. The Morgan fingerprint density at radius 3 is 2.53 bits per heavy atom. The van der Waals surface area contributed by atoms with Gasteiger partial charge < -0.3 is 4.57 Å². The summed E-state index contributed by atoms with van der Waals surface area (Å²) in [5, 5.41) is 0.868. The van der Waals surface area contributed by atoms with Crippen LogP contribution in [0, 0.1) is 0 Å². The van der Waals surface area contributed by atoms with Crippen LogP contribution in [0.2, 0.25) is 0 Å². The number of hydrogen-bond acceptors (Lipinski definition) is 2. The van der Waals surface area contributed by atoms with Crippen molar-refractivity contribution in [1.82, 2.24) is 4.57 Å². The number of carbonyl (C=O) groups excluding carboxylic acids is 2. The van der Waals surface area contributed by atoms with E-state index < -0.39 is 0 Å². The molecule has 1 aromatic heterocycles. The maximum absolute atomic E-state index is 11.9. The van der Waals surface area contributed by atoms with Crippen molar-refractivity contribution < 1.29 is 9.59 Å². The van der Waals surface area contributed by atoms with Crippen molar-refractivity contribution in [2.24, 2.45) is 0 Å². The summed E-state index contributed by atoms with van der Waals surface area (Å²) < 4.78 is 1.91. The van der Waals surface area contributed by atoms with E-state index in [4.69, 9.17) is 0 Å². The molecule has 0 saturated carbocycles. The molecule has 0 aliphatic heterocycles. The van der Waals surface area contributed by atoms with Gasteiger partial charge in [-0.1, -0.05) is 18.2 Å². The van der Waals surface area contributed by atoms with Crippen LogP contribution < -0.4 is 0 Å². The Labute approximate surface area is 98.3 Å². The molecule has 1 aliphatic carbocycles. The number of carbonyl (C=O) groups is 2. The third-order valence-electron chi connectivity index (χ3n) is 3.15. The van der Waals surface area contributed by atoms with Crippen LogP contribution in [0.25, 0.3) is 10.9 Å². The second-order valence-electron chi connectivity index (χ2n) is 4.05. The monoisotopic (exact) mass is 225 g/mol. The molecule has 2 aromatic rings. The Kier molecular flexibility index (Phi) is 2.01. The Hall–Kier alpha value is -2.16. The van der Waals surface area contributed by atoms with Gasteiger partial charge in [-0.3, -0.25) is 9.59 Å². The summed E-state index contributed by atoms with van der Waals surface area (Å²) in [5.41, 5.74) is 2.03. The number of fused-ring (bicyclic) bond motifs is 3. The van der Waals surface area contributed by atoms with E-state index in [-0.39, 0.29) is 11.6 Å². The summed E-state index contributed by atoms with van der Waals surface area (Å²) in [6.07, 6.45) is 2.72. The molecule has 0 radical (unpaired) electrons. The van der Waals surface area contributed by atoms with E-state index in [9.17, 15) is 9.59 Å². The standard InChI is InChI=1S/C14H11NO2/c1-2-15-10-6-4-3-5-9(10)13-11(16)7-8-12(17)14(13)15/h3-8H,2H2,1H3. The molecule has 1 aromatic carbocycles. The van der Waals surface area contributed by atoms with Gasteiger partial charge in [0.2, 0.25) is 5.78 Å². The van der Waals surface area contributed by atoms with Crippen LogP contribution >= 0.6 is 0 Å². The van der Waals surface area contributed by atoms with Crippen molar-refractivity contribution in [2.75, 3.05) is 0 Å². The molecule has 3 heteroatoms. The maximum Gasteiger partial charge on any atom is 0.203 e. The number of para-hydroxylation sites is 1. The average molecular weight is 225 g/mol. The topological polar surface area (TPSA) is 39.1 Å². The Balaban J connectivity index is 2.51. The molecule has 0 unspecified atom stereocenters. The molecular weight excluding hydrogens is 214 g/mol. The third kappa shape index (κ3) is 1.22. The first-order chi connectivity index (χ1) is 8.24. The number of aromatic nitrogens is 1. The fraction of sp³-hybridized carbons (Fsp3) is 0.143. The van der Waals surface area contributed by atoms with Gasteiger partial charge in [-0.25, -0.2) is 0 Å². The van der Waals surface area contributed by atoms with Crippen molar-refractivity contribution >= 4 is 22.5 Å². The molecule has 0 atom stereocenters. The Morgan fingerprint density at radius 2 is 1.76 bits per heavy atom. The number of aryl methyl sites for hydroxylation is 1. The van der Waals surface area contributed by atoms with Gasteiger partial charge in [0.25, 0.3) is 0 Å². The zero-order valence-corrected chi connectivity index (χ0v) is 9.43. The molecule has 3 nitrogen and oxygen atoms in total. The van der Waals surface area contributed by atoms with Gasteiger partial charge in [-0.2, -0.15) is 0 Å². The number of allylic oxidation sites excluding steroid dienone is 2. The molecule has 17 heavy (non-hydrogen) atoms. The van der Waals surface area contributed by atoms with Gasteiger partial charge >= 0.3 is 0 Å². The molecule has 0 N–H and O–H groups in total. The summed E-state index contributed by atoms with van der Waals surface area (Å²) in [6, 6.07) is 7.64. The Morgan fingerprint density at radius 1 is 1.06 bits per heavy atom. The van der Waals surface area contributed by atoms with Crippen LogP contribution in [0.3, 0.4) is 0 Å². The fourth-order valence-electron chi connectivity index (χ4n) is 2.45. The minimum Gasteiger partial charge on any atom is -0.337 e. The van der Waals surface area contributed by atoms with E-state index in [1.54, 1.807) is 0 Å². The highest BCUT2D eigenvalue weighted by atomic mass is 16.1. The third-order valence-corrected chi connectivity index (χ3v) is 3.15. The van der Waals surface area contributed by atoms with E-state index in [1.807, 2.05) is 35.8 Å². The highest BCUT2D eigenvalue weighted by Gasteiger charge is 2.26. The lowest BCUT2D eigenvalue weighted by molar-refractivity contribution is 0.0989. The maximum atomic E-state index is 11.9. The molecule has 0 fully saturated rings. The smallest absolute Gasteiger partial charge is 0.203 e. The van der Waals surface area contributed by atoms with Crippen LogP contribution in [0.4, 0.5) is 0 Å². The largest absolute Gasteiger partial charge is 0.337 e. The molecule has 1 heterocycles. The first-order valence-corrected chi connectivity index (χ1v) is 5.62. The highest BCUT2D eigenvalue weighted by molar-refractivity contribution is 6.27. The van der Waals surface area contributed by atoms with Crippen molar-refractivity contribution in [1.29, 1.82) is 0 Å². The molecular formula is C14H11NO2. The molecule has 3 rings (SSSR count). The van der Waals surface area contributed by atoms with Gasteiger partial charge in [-0.15, -0.1) is 0 Å². The molecule has 84 valence electrons. The van der Waals surface area contributed by atoms with Gasteiger partial charge in [0.05, 0.1) is 5.56 Å². The predicted molar refractivity (Wildman–Crippen MR) is 65.4 cm³/mol. The zero-order chi connectivity index (χ0) is 12.0. The normalized spacial score (nSPS) is 14.4. The van der Waals surface area contributed by atoms with E-state index in [0.717, 1.165) is 10.9 Å². The first-order valence-electron chi connectivity index (χ1n) is 5.62. The second kappa shape index (κ2) is 3.42. The first kappa shape index (κ1) is 10.0. The Bertz CT molecular complexity index is 677. The lowest BCUT2D eigenvalue weighted by atomic mass is 9.99.